The molecular weight excluding hydrogens is 378 g/mol. The maximum atomic E-state index is 13.1. The van der Waals surface area contributed by atoms with Gasteiger partial charge in [0.1, 0.15) is 11.3 Å². The number of nitrogens with zero attached hydrogens (tertiary/aromatic N) is 1. The van der Waals surface area contributed by atoms with E-state index in [2.05, 4.69) is 0 Å². The Morgan fingerprint density at radius 3 is 2.59 bits per heavy atom. The monoisotopic (exact) mass is 397 g/mol. The largest absolute Gasteiger partial charge is 0.475 e. The van der Waals surface area contributed by atoms with Crippen molar-refractivity contribution in [3.8, 4) is 5.75 Å². The van der Waals surface area contributed by atoms with E-state index in [9.17, 15) is 19.7 Å². The molecular formula is C21H19NO7. The van der Waals surface area contributed by atoms with Crippen molar-refractivity contribution in [1.82, 2.24) is 0 Å². The van der Waals surface area contributed by atoms with Crippen LogP contribution in [-0.2, 0) is 16.0 Å². The molecule has 1 aromatic heterocycles. The fraction of sp³-hybridized carbons (Fsp3) is 0.238. The third-order valence-electron chi connectivity index (χ3n) is 4.29. The minimum atomic E-state index is -0.661. The van der Waals surface area contributed by atoms with Crippen LogP contribution in [0.3, 0.4) is 0 Å². The molecule has 0 unspecified atom stereocenters. The van der Waals surface area contributed by atoms with Crippen molar-refractivity contribution in [2.24, 2.45) is 0 Å². The molecule has 0 N–H and O–H groups in total. The van der Waals surface area contributed by atoms with Gasteiger partial charge in [-0.3, -0.25) is 14.9 Å². The Kier molecular flexibility index (Phi) is 5.92. The number of benzene rings is 2. The first-order chi connectivity index (χ1) is 14.0. The molecule has 1 heterocycles. The zero-order valence-corrected chi connectivity index (χ0v) is 16.0. The summed E-state index contributed by atoms with van der Waals surface area (Å²) in [5.41, 5.74) is 0.682. The van der Waals surface area contributed by atoms with Crippen molar-refractivity contribution in [2.45, 2.75) is 20.3 Å². The smallest absolute Gasteiger partial charge is 0.344 e. The molecule has 0 bridgehead atoms. The summed E-state index contributed by atoms with van der Waals surface area (Å²) < 4.78 is 15.7. The van der Waals surface area contributed by atoms with Crippen LogP contribution in [0.1, 0.15) is 35.5 Å². The first-order valence-electron chi connectivity index (χ1n) is 9.08. The Morgan fingerprint density at radius 2 is 1.90 bits per heavy atom. The summed E-state index contributed by atoms with van der Waals surface area (Å²) in [6.07, 6.45) is 0.499. The molecule has 0 atom stereocenters. The Bertz CT molecular complexity index is 1080. The fourth-order valence-electron chi connectivity index (χ4n) is 3.00. The van der Waals surface area contributed by atoms with Gasteiger partial charge in [-0.15, -0.1) is 0 Å². The summed E-state index contributed by atoms with van der Waals surface area (Å²) in [6.45, 7) is 3.22. The van der Waals surface area contributed by atoms with Gasteiger partial charge in [-0.05, 0) is 25.1 Å². The van der Waals surface area contributed by atoms with Gasteiger partial charge in [0.05, 0.1) is 17.1 Å². The molecule has 2 aromatic carbocycles. The number of rotatable bonds is 8. The van der Waals surface area contributed by atoms with Crippen molar-refractivity contribution >= 4 is 28.4 Å². The van der Waals surface area contributed by atoms with E-state index in [4.69, 9.17) is 13.9 Å². The topological polar surface area (TPSA) is 109 Å². The standard InChI is InChI=1S/C21H19NO7/c1-3-16-20(14-7-5-6-8-17(14)29-16)21(24)13-9-10-18(15(11-13)22(25)26)28-12-19(23)27-4-2/h5-11H,3-4,12H2,1-2H3. The van der Waals surface area contributed by atoms with Crippen LogP contribution in [0, 0.1) is 10.1 Å². The average molecular weight is 397 g/mol. The molecule has 0 aliphatic carbocycles. The van der Waals surface area contributed by atoms with Gasteiger partial charge in [-0.25, -0.2) is 4.79 Å². The number of furan rings is 1. The number of nitro benzene ring substituents is 1. The molecule has 0 aliphatic rings. The number of nitro groups is 1. The van der Waals surface area contributed by atoms with E-state index in [-0.39, 0.29) is 23.7 Å². The number of ketones is 1. The van der Waals surface area contributed by atoms with Gasteiger partial charge in [-0.1, -0.05) is 25.1 Å². The lowest BCUT2D eigenvalue weighted by Gasteiger charge is -2.08. The van der Waals surface area contributed by atoms with Gasteiger partial charge in [-0.2, -0.15) is 0 Å². The Morgan fingerprint density at radius 1 is 1.14 bits per heavy atom. The number of ether oxygens (including phenoxy) is 2. The van der Waals surface area contributed by atoms with Crippen molar-refractivity contribution < 1.29 is 28.4 Å². The van der Waals surface area contributed by atoms with E-state index < -0.39 is 23.2 Å². The zero-order valence-electron chi connectivity index (χ0n) is 16.0. The van der Waals surface area contributed by atoms with E-state index in [0.717, 1.165) is 6.07 Å². The van der Waals surface area contributed by atoms with Crippen molar-refractivity contribution in [3.63, 3.8) is 0 Å². The molecule has 0 radical (unpaired) electrons. The minimum absolute atomic E-state index is 0.118. The number of fused-ring (bicyclic) bond motifs is 1. The summed E-state index contributed by atoms with van der Waals surface area (Å²) in [5.74, 6) is -0.625. The lowest BCUT2D eigenvalue weighted by atomic mass is 9.99. The molecule has 0 saturated heterocycles. The molecule has 0 amide bonds. The van der Waals surface area contributed by atoms with E-state index in [1.807, 2.05) is 6.92 Å². The quantitative estimate of drug-likeness (QED) is 0.244. The Labute approximate surface area is 166 Å². The van der Waals surface area contributed by atoms with Gasteiger partial charge in [0, 0.05) is 23.4 Å². The first kappa shape index (κ1) is 20.1. The van der Waals surface area contributed by atoms with E-state index >= 15 is 0 Å². The van der Waals surface area contributed by atoms with Crippen LogP contribution in [0.5, 0.6) is 5.75 Å². The van der Waals surface area contributed by atoms with Crippen LogP contribution in [0.25, 0.3) is 11.0 Å². The van der Waals surface area contributed by atoms with Crippen LogP contribution in [0.2, 0.25) is 0 Å². The maximum absolute atomic E-state index is 13.1. The molecule has 0 saturated carbocycles. The number of para-hydroxylation sites is 1. The van der Waals surface area contributed by atoms with Crippen LogP contribution < -0.4 is 4.74 Å². The molecule has 0 aliphatic heterocycles. The summed E-state index contributed by atoms with van der Waals surface area (Å²) in [4.78, 5) is 35.4. The fourth-order valence-corrected chi connectivity index (χ4v) is 3.00. The van der Waals surface area contributed by atoms with Gasteiger partial charge in [0.15, 0.2) is 18.1 Å². The SMILES string of the molecule is CCOC(=O)COc1ccc(C(=O)c2c(CC)oc3ccccc23)cc1[N+](=O)[O-]. The maximum Gasteiger partial charge on any atom is 0.344 e. The number of aryl methyl sites for hydroxylation is 1. The molecule has 0 fully saturated rings. The first-order valence-corrected chi connectivity index (χ1v) is 9.08. The highest BCUT2D eigenvalue weighted by molar-refractivity contribution is 6.17. The van der Waals surface area contributed by atoms with Gasteiger partial charge in [0.2, 0.25) is 0 Å². The molecule has 150 valence electrons. The lowest BCUT2D eigenvalue weighted by molar-refractivity contribution is -0.385. The normalized spacial score (nSPS) is 10.7. The highest BCUT2D eigenvalue weighted by Gasteiger charge is 2.25. The molecule has 0 spiro atoms. The van der Waals surface area contributed by atoms with Gasteiger partial charge < -0.3 is 13.9 Å². The zero-order chi connectivity index (χ0) is 21.0. The second kappa shape index (κ2) is 8.55. The van der Waals surface area contributed by atoms with Crippen LogP contribution in [0.4, 0.5) is 5.69 Å². The molecule has 8 nitrogen and oxygen atoms in total. The number of carbonyl (C=O) groups is 2. The third kappa shape index (κ3) is 4.11. The van der Waals surface area contributed by atoms with Crippen molar-refractivity contribution in [1.29, 1.82) is 0 Å². The number of carbonyl (C=O) groups excluding carboxylic acids is 2. The summed E-state index contributed by atoms with van der Waals surface area (Å²) >= 11 is 0. The Hall–Kier alpha value is -3.68. The average Bonchev–Trinajstić information content (AvgIpc) is 3.10. The van der Waals surface area contributed by atoms with E-state index in [1.54, 1.807) is 31.2 Å². The highest BCUT2D eigenvalue weighted by atomic mass is 16.6. The van der Waals surface area contributed by atoms with Crippen LogP contribution in [-0.4, -0.2) is 29.9 Å². The van der Waals surface area contributed by atoms with E-state index in [1.165, 1.54) is 12.1 Å². The van der Waals surface area contributed by atoms with Crippen LogP contribution >= 0.6 is 0 Å². The molecule has 29 heavy (non-hydrogen) atoms. The highest BCUT2D eigenvalue weighted by Crippen LogP contribution is 2.32. The number of hydrogen-bond acceptors (Lipinski definition) is 7. The van der Waals surface area contributed by atoms with Crippen molar-refractivity contribution in [2.75, 3.05) is 13.2 Å². The van der Waals surface area contributed by atoms with Crippen LogP contribution in [0.15, 0.2) is 46.9 Å². The molecule has 3 aromatic rings. The Balaban J connectivity index is 1.97. The van der Waals surface area contributed by atoms with E-state index in [0.29, 0.717) is 28.7 Å². The van der Waals surface area contributed by atoms with Crippen molar-refractivity contribution in [3.05, 3.63) is 69.5 Å². The van der Waals surface area contributed by atoms with Gasteiger partial charge in [0.25, 0.3) is 0 Å². The summed E-state index contributed by atoms with van der Waals surface area (Å²) in [5, 5.41) is 12.1. The number of hydrogen-bond donors (Lipinski definition) is 0. The third-order valence-corrected chi connectivity index (χ3v) is 4.29. The summed E-state index contributed by atoms with van der Waals surface area (Å²) in [7, 11) is 0. The molecule has 8 heteroatoms. The predicted octanol–water partition coefficient (Wildman–Crippen LogP) is 4.08. The second-order valence-corrected chi connectivity index (χ2v) is 6.11. The molecule has 3 rings (SSSR count). The number of esters is 1. The lowest BCUT2D eigenvalue weighted by Crippen LogP contribution is -2.15. The second-order valence-electron chi connectivity index (χ2n) is 6.11. The summed E-state index contributed by atoms with van der Waals surface area (Å²) in [6, 6.07) is 11.0. The predicted molar refractivity (Wildman–Crippen MR) is 104 cm³/mol. The minimum Gasteiger partial charge on any atom is -0.475 e. The van der Waals surface area contributed by atoms with Gasteiger partial charge >= 0.3 is 11.7 Å².